The molecule has 0 bridgehead atoms. The Morgan fingerprint density at radius 3 is 2.92 bits per heavy atom. The van der Waals surface area contributed by atoms with Gasteiger partial charge in [-0.2, -0.15) is 0 Å². The SMILES string of the molecule is CC(C)OCCOCc1cccc(NC(=O)C2CCCNC2)c1.Cl. The molecule has 1 heterocycles. The molecule has 1 aromatic rings. The topological polar surface area (TPSA) is 59.6 Å². The Morgan fingerprint density at radius 1 is 1.38 bits per heavy atom. The minimum Gasteiger partial charge on any atom is -0.376 e. The molecule has 24 heavy (non-hydrogen) atoms. The summed E-state index contributed by atoms with van der Waals surface area (Å²) in [5, 5.41) is 6.28. The van der Waals surface area contributed by atoms with E-state index in [1.54, 1.807) is 0 Å². The number of hydrogen-bond donors (Lipinski definition) is 2. The average molecular weight is 357 g/mol. The number of carbonyl (C=O) groups excluding carboxylic acids is 1. The third kappa shape index (κ3) is 7.62. The van der Waals surface area contributed by atoms with Crippen molar-refractivity contribution in [3.05, 3.63) is 29.8 Å². The highest BCUT2D eigenvalue weighted by atomic mass is 35.5. The number of rotatable bonds is 8. The van der Waals surface area contributed by atoms with Gasteiger partial charge >= 0.3 is 0 Å². The molecule has 1 amide bonds. The van der Waals surface area contributed by atoms with Crippen LogP contribution in [0.3, 0.4) is 0 Å². The Hall–Kier alpha value is -1.14. The predicted molar refractivity (Wildman–Crippen MR) is 98.7 cm³/mol. The molecule has 0 aromatic heterocycles. The first-order chi connectivity index (χ1) is 11.1. The standard InChI is InChI=1S/C18H28N2O3.ClH/c1-14(2)23-10-9-22-13-15-5-3-7-17(11-15)20-18(21)16-6-4-8-19-12-16;/h3,5,7,11,14,16,19H,4,6,8-10,12-13H2,1-2H3,(H,20,21);1H. The van der Waals surface area contributed by atoms with Crippen molar-refractivity contribution >= 4 is 24.0 Å². The van der Waals surface area contributed by atoms with Crippen LogP contribution in [0.5, 0.6) is 0 Å². The number of carbonyl (C=O) groups is 1. The lowest BCUT2D eigenvalue weighted by Crippen LogP contribution is -2.37. The minimum absolute atomic E-state index is 0. The van der Waals surface area contributed by atoms with Crippen molar-refractivity contribution in [1.29, 1.82) is 0 Å². The number of nitrogens with one attached hydrogen (secondary N) is 2. The maximum atomic E-state index is 12.2. The molecule has 1 aliphatic rings. The van der Waals surface area contributed by atoms with Crippen LogP contribution in [-0.4, -0.2) is 38.3 Å². The molecule has 6 heteroatoms. The number of piperidine rings is 1. The number of amides is 1. The summed E-state index contributed by atoms with van der Waals surface area (Å²) in [4.78, 5) is 12.2. The van der Waals surface area contributed by atoms with Gasteiger partial charge in [-0.25, -0.2) is 0 Å². The van der Waals surface area contributed by atoms with E-state index in [-0.39, 0.29) is 30.3 Å². The summed E-state index contributed by atoms with van der Waals surface area (Å²) in [5.74, 6) is 0.164. The second-order valence-electron chi connectivity index (χ2n) is 6.21. The fourth-order valence-electron chi connectivity index (χ4n) is 2.59. The van der Waals surface area contributed by atoms with Crippen LogP contribution in [0.15, 0.2) is 24.3 Å². The van der Waals surface area contributed by atoms with E-state index in [9.17, 15) is 4.79 Å². The van der Waals surface area contributed by atoms with E-state index in [2.05, 4.69) is 10.6 Å². The summed E-state index contributed by atoms with van der Waals surface area (Å²) in [7, 11) is 0. The summed E-state index contributed by atoms with van der Waals surface area (Å²) in [6.45, 7) is 7.49. The van der Waals surface area contributed by atoms with Gasteiger partial charge in [0.25, 0.3) is 0 Å². The zero-order chi connectivity index (χ0) is 16.5. The van der Waals surface area contributed by atoms with Crippen molar-refractivity contribution in [3.63, 3.8) is 0 Å². The third-order valence-corrected chi connectivity index (χ3v) is 3.81. The van der Waals surface area contributed by atoms with Gasteiger partial charge in [-0.15, -0.1) is 12.4 Å². The Morgan fingerprint density at radius 2 is 2.21 bits per heavy atom. The van der Waals surface area contributed by atoms with E-state index in [1.807, 2.05) is 38.1 Å². The molecular weight excluding hydrogens is 328 g/mol. The summed E-state index contributed by atoms with van der Waals surface area (Å²) < 4.78 is 11.0. The zero-order valence-corrected chi connectivity index (χ0v) is 15.4. The van der Waals surface area contributed by atoms with Crippen LogP contribution in [0.1, 0.15) is 32.3 Å². The first kappa shape index (κ1) is 20.9. The number of anilines is 1. The molecule has 2 N–H and O–H groups in total. The maximum absolute atomic E-state index is 12.2. The summed E-state index contributed by atoms with van der Waals surface area (Å²) >= 11 is 0. The molecule has 1 atom stereocenters. The molecular formula is C18H29ClN2O3. The molecule has 0 radical (unpaired) electrons. The highest BCUT2D eigenvalue weighted by Gasteiger charge is 2.20. The summed E-state index contributed by atoms with van der Waals surface area (Å²) in [6, 6.07) is 7.83. The molecule has 1 fully saturated rings. The molecule has 1 aromatic carbocycles. The Labute approximate surface area is 150 Å². The smallest absolute Gasteiger partial charge is 0.228 e. The normalized spacial score (nSPS) is 17.4. The first-order valence-corrected chi connectivity index (χ1v) is 8.45. The van der Waals surface area contributed by atoms with Crippen molar-refractivity contribution < 1.29 is 14.3 Å². The molecule has 5 nitrogen and oxygen atoms in total. The van der Waals surface area contributed by atoms with Gasteiger partial charge in [0.2, 0.25) is 5.91 Å². The van der Waals surface area contributed by atoms with Crippen molar-refractivity contribution in [2.24, 2.45) is 5.92 Å². The summed E-state index contributed by atoms with van der Waals surface area (Å²) in [6.07, 6.45) is 2.24. The van der Waals surface area contributed by atoms with Gasteiger partial charge in [-0.1, -0.05) is 12.1 Å². The van der Waals surface area contributed by atoms with Crippen LogP contribution in [0.2, 0.25) is 0 Å². The maximum Gasteiger partial charge on any atom is 0.228 e. The lowest BCUT2D eigenvalue weighted by atomic mass is 9.99. The number of hydrogen-bond acceptors (Lipinski definition) is 4. The average Bonchev–Trinajstić information content (AvgIpc) is 2.55. The predicted octanol–water partition coefficient (Wildman–Crippen LogP) is 2.99. The Bertz CT molecular complexity index is 491. The van der Waals surface area contributed by atoms with Gasteiger partial charge in [-0.3, -0.25) is 4.79 Å². The molecule has 0 aliphatic carbocycles. The van der Waals surface area contributed by atoms with Gasteiger partial charge in [0.1, 0.15) is 0 Å². The number of ether oxygens (including phenoxy) is 2. The van der Waals surface area contributed by atoms with Gasteiger partial charge < -0.3 is 20.1 Å². The Balaban J connectivity index is 0.00000288. The molecule has 1 saturated heterocycles. The van der Waals surface area contributed by atoms with Crippen molar-refractivity contribution in [1.82, 2.24) is 5.32 Å². The van der Waals surface area contributed by atoms with Crippen LogP contribution in [0, 0.1) is 5.92 Å². The van der Waals surface area contributed by atoms with E-state index in [0.29, 0.717) is 19.8 Å². The number of benzene rings is 1. The van der Waals surface area contributed by atoms with Crippen molar-refractivity contribution in [3.8, 4) is 0 Å². The van der Waals surface area contributed by atoms with Gasteiger partial charge in [0.05, 0.1) is 31.8 Å². The fourth-order valence-corrected chi connectivity index (χ4v) is 2.59. The third-order valence-electron chi connectivity index (χ3n) is 3.81. The van der Waals surface area contributed by atoms with E-state index in [1.165, 1.54) is 0 Å². The minimum atomic E-state index is 0. The zero-order valence-electron chi connectivity index (χ0n) is 14.5. The Kier molecular flexibility index (Phi) is 9.95. The first-order valence-electron chi connectivity index (χ1n) is 8.45. The highest BCUT2D eigenvalue weighted by Crippen LogP contribution is 2.16. The summed E-state index contributed by atoms with van der Waals surface area (Å²) in [5.41, 5.74) is 1.88. The number of halogens is 1. The van der Waals surface area contributed by atoms with E-state index < -0.39 is 0 Å². The molecule has 2 rings (SSSR count). The van der Waals surface area contributed by atoms with Gasteiger partial charge in [0, 0.05) is 12.2 Å². The van der Waals surface area contributed by atoms with E-state index >= 15 is 0 Å². The molecule has 0 saturated carbocycles. The molecule has 1 aliphatic heterocycles. The van der Waals surface area contributed by atoms with E-state index in [0.717, 1.165) is 37.2 Å². The second kappa shape index (κ2) is 11.4. The molecule has 136 valence electrons. The largest absolute Gasteiger partial charge is 0.376 e. The van der Waals surface area contributed by atoms with Crippen LogP contribution in [0.25, 0.3) is 0 Å². The van der Waals surface area contributed by atoms with Gasteiger partial charge in [0.15, 0.2) is 0 Å². The van der Waals surface area contributed by atoms with Crippen molar-refractivity contribution in [2.45, 2.75) is 39.4 Å². The highest BCUT2D eigenvalue weighted by molar-refractivity contribution is 5.92. The quantitative estimate of drug-likeness (QED) is 0.703. The second-order valence-corrected chi connectivity index (χ2v) is 6.21. The molecule has 1 unspecified atom stereocenters. The van der Waals surface area contributed by atoms with Crippen LogP contribution in [0.4, 0.5) is 5.69 Å². The fraction of sp³-hybridized carbons (Fsp3) is 0.611. The van der Waals surface area contributed by atoms with Crippen LogP contribution in [-0.2, 0) is 20.9 Å². The van der Waals surface area contributed by atoms with Crippen LogP contribution < -0.4 is 10.6 Å². The monoisotopic (exact) mass is 356 g/mol. The van der Waals surface area contributed by atoms with Gasteiger partial charge in [-0.05, 0) is 50.9 Å². The van der Waals surface area contributed by atoms with Crippen LogP contribution >= 0.6 is 12.4 Å². The lowest BCUT2D eigenvalue weighted by Gasteiger charge is -2.22. The molecule has 0 spiro atoms. The van der Waals surface area contributed by atoms with Crippen molar-refractivity contribution in [2.75, 3.05) is 31.6 Å². The lowest BCUT2D eigenvalue weighted by molar-refractivity contribution is -0.120. The van der Waals surface area contributed by atoms with E-state index in [4.69, 9.17) is 9.47 Å².